The van der Waals surface area contributed by atoms with E-state index in [1.165, 1.54) is 38.5 Å². The molecular weight excluding hydrogens is 258 g/mol. The molecule has 2 atom stereocenters. The van der Waals surface area contributed by atoms with Gasteiger partial charge in [0.2, 0.25) is 0 Å². The summed E-state index contributed by atoms with van der Waals surface area (Å²) >= 11 is 6.13. The molecule has 1 saturated carbocycles. The lowest BCUT2D eigenvalue weighted by Crippen LogP contribution is -2.47. The van der Waals surface area contributed by atoms with Gasteiger partial charge in [-0.1, -0.05) is 24.4 Å². The second-order valence-electron chi connectivity index (χ2n) is 5.77. The summed E-state index contributed by atoms with van der Waals surface area (Å²) in [6.07, 6.45) is 8.82. The molecule has 0 bridgehead atoms. The molecule has 2 aliphatic rings. The van der Waals surface area contributed by atoms with Gasteiger partial charge in [0.05, 0.1) is 0 Å². The first-order valence-corrected chi connectivity index (χ1v) is 7.69. The van der Waals surface area contributed by atoms with Gasteiger partial charge in [-0.15, -0.1) is 0 Å². The number of carbonyl (C=O) groups is 1. The zero-order valence-electron chi connectivity index (χ0n) is 11.1. The van der Waals surface area contributed by atoms with Gasteiger partial charge < -0.3 is 4.90 Å². The fraction of sp³-hybridized carbons (Fsp3) is 0.562. The quantitative estimate of drug-likeness (QED) is 0.751. The number of hydrogen-bond acceptors (Lipinski definition) is 2. The van der Waals surface area contributed by atoms with Gasteiger partial charge >= 0.3 is 0 Å². The van der Waals surface area contributed by atoms with Crippen LogP contribution in [0, 0.1) is 5.92 Å². The second-order valence-corrected chi connectivity index (χ2v) is 6.20. The van der Waals surface area contributed by atoms with E-state index in [4.69, 9.17) is 11.6 Å². The first-order chi connectivity index (χ1) is 9.29. The van der Waals surface area contributed by atoms with E-state index in [1.54, 1.807) is 6.07 Å². The molecule has 1 aromatic carbocycles. The predicted molar refractivity (Wildman–Crippen MR) is 79.2 cm³/mol. The highest BCUT2D eigenvalue weighted by molar-refractivity contribution is 6.31. The minimum absolute atomic E-state index is 0.611. The molecule has 19 heavy (non-hydrogen) atoms. The minimum Gasteiger partial charge on any atom is -0.368 e. The Kier molecular flexibility index (Phi) is 3.79. The Bertz CT molecular complexity index is 472. The summed E-state index contributed by atoms with van der Waals surface area (Å²) < 4.78 is 0. The Balaban J connectivity index is 1.95. The molecule has 1 aliphatic heterocycles. The molecule has 1 saturated heterocycles. The third-order valence-electron chi connectivity index (χ3n) is 4.67. The standard InChI is InChI=1S/C16H20ClNO/c17-14-8-7-13(11-19)16(10-14)18-9-3-5-12-4-1-2-6-15(12)18/h7-8,10-12,15H,1-6,9H2/t12-,15-/m1/s1. The maximum absolute atomic E-state index is 11.3. The number of benzene rings is 1. The SMILES string of the molecule is O=Cc1ccc(Cl)cc1N1CCC[C@H]2CCCC[C@H]21. The van der Waals surface area contributed by atoms with Gasteiger partial charge in [0.25, 0.3) is 0 Å². The topological polar surface area (TPSA) is 20.3 Å². The monoisotopic (exact) mass is 277 g/mol. The third kappa shape index (κ3) is 2.51. The number of nitrogens with zero attached hydrogens (tertiary/aromatic N) is 1. The normalized spacial score (nSPS) is 26.9. The highest BCUT2D eigenvalue weighted by Crippen LogP contribution is 2.39. The average molecular weight is 278 g/mol. The van der Waals surface area contributed by atoms with Crippen LogP contribution >= 0.6 is 11.6 Å². The molecule has 0 amide bonds. The summed E-state index contributed by atoms with van der Waals surface area (Å²) in [5.41, 5.74) is 1.81. The fourth-order valence-corrected chi connectivity index (χ4v) is 3.96. The molecule has 0 spiro atoms. The molecule has 2 nitrogen and oxygen atoms in total. The molecule has 0 radical (unpaired) electrons. The van der Waals surface area contributed by atoms with Gasteiger partial charge in [-0.2, -0.15) is 0 Å². The number of anilines is 1. The van der Waals surface area contributed by atoms with Crippen molar-refractivity contribution in [3.63, 3.8) is 0 Å². The van der Waals surface area contributed by atoms with Crippen LogP contribution in [0.4, 0.5) is 5.69 Å². The summed E-state index contributed by atoms with van der Waals surface area (Å²) in [6.45, 7) is 1.06. The Morgan fingerprint density at radius 3 is 2.79 bits per heavy atom. The van der Waals surface area contributed by atoms with Gasteiger partial charge in [0.1, 0.15) is 0 Å². The number of aldehydes is 1. The lowest BCUT2D eigenvalue weighted by molar-refractivity contribution is 0.112. The van der Waals surface area contributed by atoms with Gasteiger partial charge in [-0.3, -0.25) is 4.79 Å². The van der Waals surface area contributed by atoms with Crippen LogP contribution in [0.3, 0.4) is 0 Å². The van der Waals surface area contributed by atoms with Gasteiger partial charge in [-0.25, -0.2) is 0 Å². The maximum Gasteiger partial charge on any atom is 0.152 e. The Labute approximate surface area is 119 Å². The van der Waals surface area contributed by atoms with Crippen LogP contribution in [0.1, 0.15) is 48.9 Å². The Morgan fingerprint density at radius 2 is 1.95 bits per heavy atom. The fourth-order valence-electron chi connectivity index (χ4n) is 3.79. The largest absolute Gasteiger partial charge is 0.368 e. The van der Waals surface area contributed by atoms with Crippen molar-refractivity contribution in [2.75, 3.05) is 11.4 Å². The van der Waals surface area contributed by atoms with E-state index in [2.05, 4.69) is 4.90 Å². The van der Waals surface area contributed by atoms with Crippen molar-refractivity contribution in [2.24, 2.45) is 5.92 Å². The van der Waals surface area contributed by atoms with E-state index >= 15 is 0 Å². The maximum atomic E-state index is 11.3. The smallest absolute Gasteiger partial charge is 0.152 e. The van der Waals surface area contributed by atoms with E-state index in [9.17, 15) is 4.79 Å². The summed E-state index contributed by atoms with van der Waals surface area (Å²) in [5, 5.41) is 0.721. The average Bonchev–Trinajstić information content (AvgIpc) is 2.46. The lowest BCUT2D eigenvalue weighted by atomic mass is 9.78. The van der Waals surface area contributed by atoms with Crippen molar-refractivity contribution in [2.45, 2.75) is 44.6 Å². The molecular formula is C16H20ClNO. The van der Waals surface area contributed by atoms with Crippen molar-refractivity contribution in [1.29, 1.82) is 0 Å². The van der Waals surface area contributed by atoms with Crippen LogP contribution in [-0.2, 0) is 0 Å². The van der Waals surface area contributed by atoms with Crippen molar-refractivity contribution < 1.29 is 4.79 Å². The Morgan fingerprint density at radius 1 is 1.16 bits per heavy atom. The summed E-state index contributed by atoms with van der Waals surface area (Å²) in [5.74, 6) is 0.806. The molecule has 3 heteroatoms. The number of fused-ring (bicyclic) bond motifs is 1. The first-order valence-electron chi connectivity index (χ1n) is 7.31. The van der Waals surface area contributed by atoms with Crippen molar-refractivity contribution in [1.82, 2.24) is 0 Å². The van der Waals surface area contributed by atoms with E-state index in [1.807, 2.05) is 12.1 Å². The van der Waals surface area contributed by atoms with Crippen LogP contribution in [0.5, 0.6) is 0 Å². The van der Waals surface area contributed by atoms with Crippen LogP contribution in [0.25, 0.3) is 0 Å². The number of carbonyl (C=O) groups excluding carboxylic acids is 1. The predicted octanol–water partition coefficient (Wildman–Crippen LogP) is 4.31. The lowest BCUT2D eigenvalue weighted by Gasteiger charge is -2.45. The zero-order valence-corrected chi connectivity index (χ0v) is 11.9. The van der Waals surface area contributed by atoms with E-state index in [0.29, 0.717) is 6.04 Å². The van der Waals surface area contributed by atoms with E-state index in [-0.39, 0.29) is 0 Å². The number of hydrogen-bond donors (Lipinski definition) is 0. The number of piperidine rings is 1. The highest BCUT2D eigenvalue weighted by atomic mass is 35.5. The van der Waals surface area contributed by atoms with Gasteiger partial charge in [-0.05, 0) is 49.8 Å². The molecule has 1 aromatic rings. The molecule has 2 fully saturated rings. The molecule has 3 rings (SSSR count). The van der Waals surface area contributed by atoms with Crippen molar-refractivity contribution in [3.8, 4) is 0 Å². The first kappa shape index (κ1) is 13.0. The van der Waals surface area contributed by atoms with E-state index in [0.717, 1.165) is 35.0 Å². The summed E-state index contributed by atoms with van der Waals surface area (Å²) in [7, 11) is 0. The summed E-state index contributed by atoms with van der Waals surface area (Å²) in [4.78, 5) is 13.7. The van der Waals surface area contributed by atoms with Gasteiger partial charge in [0, 0.05) is 28.9 Å². The zero-order chi connectivity index (χ0) is 13.2. The molecule has 102 valence electrons. The highest BCUT2D eigenvalue weighted by Gasteiger charge is 2.34. The molecule has 1 aliphatic carbocycles. The molecule has 0 unspecified atom stereocenters. The van der Waals surface area contributed by atoms with Crippen molar-refractivity contribution in [3.05, 3.63) is 28.8 Å². The molecule has 0 N–H and O–H groups in total. The summed E-state index contributed by atoms with van der Waals surface area (Å²) in [6, 6.07) is 6.22. The number of rotatable bonds is 2. The third-order valence-corrected chi connectivity index (χ3v) is 4.91. The van der Waals surface area contributed by atoms with Crippen LogP contribution in [-0.4, -0.2) is 18.9 Å². The number of halogens is 1. The Hall–Kier alpha value is -1.02. The minimum atomic E-state index is 0.611. The molecule has 0 aromatic heterocycles. The molecule has 1 heterocycles. The van der Waals surface area contributed by atoms with Crippen LogP contribution < -0.4 is 4.90 Å². The van der Waals surface area contributed by atoms with Crippen molar-refractivity contribution >= 4 is 23.6 Å². The van der Waals surface area contributed by atoms with Crippen LogP contribution in [0.15, 0.2) is 18.2 Å². The van der Waals surface area contributed by atoms with E-state index < -0.39 is 0 Å². The van der Waals surface area contributed by atoms with Crippen LogP contribution in [0.2, 0.25) is 5.02 Å². The van der Waals surface area contributed by atoms with Gasteiger partial charge in [0.15, 0.2) is 6.29 Å². The second kappa shape index (κ2) is 5.54.